The summed E-state index contributed by atoms with van der Waals surface area (Å²) in [5.74, 6) is -0.254. The zero-order valence-electron chi connectivity index (χ0n) is 13.1. The van der Waals surface area contributed by atoms with Crippen molar-refractivity contribution in [2.45, 2.75) is 17.9 Å². The van der Waals surface area contributed by atoms with E-state index in [0.717, 1.165) is 10.6 Å². The van der Waals surface area contributed by atoms with Gasteiger partial charge in [0.15, 0.2) is 0 Å². The summed E-state index contributed by atoms with van der Waals surface area (Å²) in [6.07, 6.45) is 0.652. The average Bonchev–Trinajstić information content (AvgIpc) is 2.93. The lowest BCUT2D eigenvalue weighted by Crippen LogP contribution is -2.16. The van der Waals surface area contributed by atoms with Crippen molar-refractivity contribution in [1.82, 2.24) is 10.3 Å². The topological polar surface area (TPSA) is 85.1 Å². The van der Waals surface area contributed by atoms with Crippen LogP contribution < -0.4 is 10.5 Å². The molecule has 0 aliphatic heterocycles. The summed E-state index contributed by atoms with van der Waals surface area (Å²) in [7, 11) is -3.76. The molecule has 0 fully saturated rings. The molecule has 0 saturated heterocycles. The Labute approximate surface area is 155 Å². The van der Waals surface area contributed by atoms with E-state index in [1.165, 1.54) is 29.5 Å². The second kappa shape index (κ2) is 8.20. The van der Waals surface area contributed by atoms with Crippen LogP contribution in [0.2, 0.25) is 0 Å². The second-order valence-corrected chi connectivity index (χ2v) is 7.93. The van der Waals surface area contributed by atoms with E-state index in [9.17, 15) is 12.8 Å². The summed E-state index contributed by atoms with van der Waals surface area (Å²) in [5.41, 5.74) is 1.50. The van der Waals surface area contributed by atoms with Crippen molar-refractivity contribution in [3.63, 3.8) is 0 Å². The van der Waals surface area contributed by atoms with E-state index in [1.807, 2.05) is 6.07 Å². The van der Waals surface area contributed by atoms with Gasteiger partial charge in [0.1, 0.15) is 10.7 Å². The molecule has 25 heavy (non-hydrogen) atoms. The van der Waals surface area contributed by atoms with Crippen LogP contribution in [0, 0.1) is 5.82 Å². The maximum Gasteiger partial charge on any atom is 0.239 e. The fourth-order valence-electron chi connectivity index (χ4n) is 2.38. The number of hydrogen-bond acceptors (Lipinski definition) is 5. The molecule has 0 radical (unpaired) electrons. The van der Waals surface area contributed by atoms with Crippen LogP contribution in [0.3, 0.4) is 0 Å². The van der Waals surface area contributed by atoms with Crippen LogP contribution in [0.5, 0.6) is 0 Å². The highest BCUT2D eigenvalue weighted by Crippen LogP contribution is 2.28. The lowest BCUT2D eigenvalue weighted by Gasteiger charge is -2.03. The van der Waals surface area contributed by atoms with Gasteiger partial charge in [0.2, 0.25) is 10.0 Å². The number of rotatable bonds is 6. The highest BCUT2D eigenvalue weighted by Gasteiger charge is 2.15. The number of primary sulfonamides is 1. The summed E-state index contributed by atoms with van der Waals surface area (Å²) < 4.78 is 36.9. The van der Waals surface area contributed by atoms with Crippen LogP contribution >= 0.6 is 23.7 Å². The van der Waals surface area contributed by atoms with E-state index in [2.05, 4.69) is 10.3 Å². The lowest BCUT2D eigenvalue weighted by molar-refractivity contribution is 0.598. The number of hydrogen-bond donors (Lipinski definition) is 2. The smallest absolute Gasteiger partial charge is 0.239 e. The van der Waals surface area contributed by atoms with Crippen molar-refractivity contribution in [1.29, 1.82) is 0 Å². The molecule has 9 heteroatoms. The van der Waals surface area contributed by atoms with E-state index in [4.69, 9.17) is 5.14 Å². The van der Waals surface area contributed by atoms with Gasteiger partial charge in [-0.3, -0.25) is 0 Å². The Morgan fingerprint density at radius 2 is 1.96 bits per heavy atom. The number of nitrogens with two attached hydrogens (primary N) is 1. The van der Waals surface area contributed by atoms with Crippen molar-refractivity contribution in [3.05, 3.63) is 58.9 Å². The Balaban J connectivity index is 0.00000225. The number of sulfonamides is 1. The van der Waals surface area contributed by atoms with Crippen LogP contribution in [0.4, 0.5) is 4.39 Å². The average molecular weight is 402 g/mol. The van der Waals surface area contributed by atoms with E-state index >= 15 is 0 Å². The standard InChI is InChI=1S/C16H16FN3O2S2.ClH/c17-12-4-1-3-11(9-12)10-19-8-7-15-20-13-5-2-6-14(16(13)23-15)24(18,21)22;/h1-6,9,19H,7-8,10H2,(H2,18,21,22);1H. The summed E-state index contributed by atoms with van der Waals surface area (Å²) in [6, 6.07) is 11.3. The molecule has 3 rings (SSSR count). The minimum absolute atomic E-state index is 0. The predicted octanol–water partition coefficient (Wildman–Crippen LogP) is 2.84. The molecule has 2 aromatic carbocycles. The van der Waals surface area contributed by atoms with Crippen LogP contribution in [-0.4, -0.2) is 19.9 Å². The number of halogens is 2. The van der Waals surface area contributed by atoms with Crippen molar-refractivity contribution < 1.29 is 12.8 Å². The third kappa shape index (κ3) is 4.96. The van der Waals surface area contributed by atoms with Crippen molar-refractivity contribution >= 4 is 44.0 Å². The number of nitrogens with zero attached hydrogens (tertiary/aromatic N) is 1. The normalized spacial score (nSPS) is 11.4. The number of benzene rings is 2. The van der Waals surface area contributed by atoms with Gasteiger partial charge in [-0.2, -0.15) is 0 Å². The van der Waals surface area contributed by atoms with Crippen LogP contribution in [0.15, 0.2) is 47.4 Å². The van der Waals surface area contributed by atoms with Gasteiger partial charge in [0.05, 0.1) is 15.2 Å². The summed E-state index contributed by atoms with van der Waals surface area (Å²) in [5, 5.41) is 9.29. The summed E-state index contributed by atoms with van der Waals surface area (Å²) >= 11 is 1.33. The van der Waals surface area contributed by atoms with E-state index < -0.39 is 10.0 Å². The molecule has 134 valence electrons. The third-order valence-corrected chi connectivity index (χ3v) is 5.71. The zero-order valence-corrected chi connectivity index (χ0v) is 15.6. The van der Waals surface area contributed by atoms with Gasteiger partial charge in [0.25, 0.3) is 0 Å². The first-order valence-corrected chi connectivity index (χ1v) is 9.66. The van der Waals surface area contributed by atoms with Crippen LogP contribution in [0.25, 0.3) is 10.2 Å². The molecule has 0 unspecified atom stereocenters. The molecule has 0 saturated carbocycles. The van der Waals surface area contributed by atoms with Gasteiger partial charge >= 0.3 is 0 Å². The van der Waals surface area contributed by atoms with Crippen LogP contribution in [-0.2, 0) is 23.0 Å². The highest BCUT2D eigenvalue weighted by molar-refractivity contribution is 7.89. The van der Waals surface area contributed by atoms with E-state index in [0.29, 0.717) is 29.7 Å². The van der Waals surface area contributed by atoms with Gasteiger partial charge in [-0.1, -0.05) is 18.2 Å². The largest absolute Gasteiger partial charge is 0.312 e. The molecule has 0 aliphatic carbocycles. The number of fused-ring (bicyclic) bond motifs is 1. The first-order valence-electron chi connectivity index (χ1n) is 7.30. The predicted molar refractivity (Wildman–Crippen MR) is 100 cm³/mol. The van der Waals surface area contributed by atoms with Gasteiger partial charge < -0.3 is 5.32 Å². The van der Waals surface area contributed by atoms with Gasteiger partial charge in [-0.25, -0.2) is 22.9 Å². The van der Waals surface area contributed by atoms with Gasteiger partial charge in [0, 0.05) is 19.5 Å². The van der Waals surface area contributed by atoms with Crippen molar-refractivity contribution in [2.24, 2.45) is 5.14 Å². The quantitative estimate of drug-likeness (QED) is 0.622. The molecule has 0 bridgehead atoms. The Kier molecular flexibility index (Phi) is 6.47. The fourth-order valence-corrected chi connectivity index (χ4v) is 4.45. The molecule has 0 aliphatic rings. The molecule has 1 aromatic heterocycles. The molecule has 3 aromatic rings. The SMILES string of the molecule is Cl.NS(=O)(=O)c1cccc2nc(CCNCc3cccc(F)c3)sc12. The molecule has 1 heterocycles. The minimum Gasteiger partial charge on any atom is -0.312 e. The first-order chi connectivity index (χ1) is 11.4. The summed E-state index contributed by atoms with van der Waals surface area (Å²) in [4.78, 5) is 4.55. The molecule has 0 spiro atoms. The maximum absolute atomic E-state index is 13.1. The monoisotopic (exact) mass is 401 g/mol. The van der Waals surface area contributed by atoms with Gasteiger partial charge in [-0.05, 0) is 29.8 Å². The number of aromatic nitrogens is 1. The Morgan fingerprint density at radius 3 is 2.68 bits per heavy atom. The summed E-state index contributed by atoms with van der Waals surface area (Å²) in [6.45, 7) is 1.21. The fraction of sp³-hybridized carbons (Fsp3) is 0.188. The minimum atomic E-state index is -3.76. The Bertz CT molecular complexity index is 976. The molecule has 0 atom stereocenters. The van der Waals surface area contributed by atoms with E-state index in [1.54, 1.807) is 18.2 Å². The molecular weight excluding hydrogens is 385 g/mol. The zero-order chi connectivity index (χ0) is 17.2. The van der Waals surface area contributed by atoms with Crippen molar-refractivity contribution in [3.8, 4) is 0 Å². The number of nitrogens with one attached hydrogen (secondary N) is 1. The molecule has 0 amide bonds. The molecular formula is C16H17ClFN3O2S2. The lowest BCUT2D eigenvalue weighted by atomic mass is 10.2. The second-order valence-electron chi connectivity index (χ2n) is 5.31. The molecule has 5 nitrogen and oxygen atoms in total. The van der Waals surface area contributed by atoms with Crippen LogP contribution in [0.1, 0.15) is 10.6 Å². The first kappa shape index (κ1) is 19.7. The Morgan fingerprint density at radius 1 is 1.20 bits per heavy atom. The maximum atomic E-state index is 13.1. The number of thiazole rings is 1. The third-order valence-electron chi connectivity index (χ3n) is 3.46. The van der Waals surface area contributed by atoms with E-state index in [-0.39, 0.29) is 23.1 Å². The highest BCUT2D eigenvalue weighted by atomic mass is 35.5. The Hall–Kier alpha value is -1.58. The molecule has 3 N–H and O–H groups in total. The van der Waals surface area contributed by atoms with Gasteiger partial charge in [-0.15, -0.1) is 23.7 Å². The van der Waals surface area contributed by atoms with Crippen molar-refractivity contribution in [2.75, 3.05) is 6.54 Å².